The molecule has 0 radical (unpaired) electrons. The van der Waals surface area contributed by atoms with Gasteiger partial charge in [0, 0.05) is 24.6 Å². The Morgan fingerprint density at radius 1 is 0.812 bits per heavy atom. The first-order chi connectivity index (χ1) is 15.4. The van der Waals surface area contributed by atoms with Crippen LogP contribution in [-0.4, -0.2) is 59.8 Å². The van der Waals surface area contributed by atoms with E-state index in [1.807, 2.05) is 0 Å². The van der Waals surface area contributed by atoms with E-state index < -0.39 is 34.1 Å². The summed E-state index contributed by atoms with van der Waals surface area (Å²) in [6, 6.07) is 8.01. The molecule has 2 aliphatic heterocycles. The minimum atomic E-state index is -0.522. The predicted octanol–water partition coefficient (Wildman–Crippen LogP) is 3.88. The summed E-state index contributed by atoms with van der Waals surface area (Å²) in [6.07, 6.45) is 1.92. The average Bonchev–Trinajstić information content (AvgIpc) is 3.34. The number of aliphatic imine (C=N–C) groups is 2. The minimum Gasteiger partial charge on any atom is -0.371 e. The maximum atomic E-state index is 11.2. The van der Waals surface area contributed by atoms with Crippen LogP contribution in [0.25, 0.3) is 0 Å². The van der Waals surface area contributed by atoms with Crippen LogP contribution in [0.1, 0.15) is 11.1 Å². The van der Waals surface area contributed by atoms with Crippen LogP contribution in [0.15, 0.2) is 46.4 Å². The van der Waals surface area contributed by atoms with Crippen molar-refractivity contribution in [3.05, 3.63) is 77.8 Å². The van der Waals surface area contributed by atoms with Gasteiger partial charge in [-0.2, -0.15) is 0 Å². The van der Waals surface area contributed by atoms with E-state index in [2.05, 4.69) is 9.98 Å². The van der Waals surface area contributed by atoms with E-state index in [9.17, 15) is 20.2 Å². The molecular weight excluding hydrogens is 463 g/mol. The van der Waals surface area contributed by atoms with E-state index in [4.69, 9.17) is 32.7 Å². The van der Waals surface area contributed by atoms with Crippen LogP contribution in [0.5, 0.6) is 0 Å². The van der Waals surface area contributed by atoms with Gasteiger partial charge in [-0.1, -0.05) is 35.3 Å². The van der Waals surface area contributed by atoms with E-state index in [1.54, 1.807) is 12.1 Å². The summed E-state index contributed by atoms with van der Waals surface area (Å²) < 4.78 is 11.6. The van der Waals surface area contributed by atoms with Crippen molar-refractivity contribution in [1.29, 1.82) is 0 Å². The van der Waals surface area contributed by atoms with Crippen molar-refractivity contribution in [2.45, 2.75) is 24.3 Å². The third-order valence-electron chi connectivity index (χ3n) is 5.24. The minimum absolute atomic E-state index is 0.145. The second-order valence-corrected chi connectivity index (χ2v) is 7.96. The van der Waals surface area contributed by atoms with E-state index in [0.717, 1.165) is 0 Å². The number of benzene rings is 2. The molecule has 2 aromatic carbocycles. The molecule has 0 bridgehead atoms. The Kier molecular flexibility index (Phi) is 6.47. The van der Waals surface area contributed by atoms with Crippen molar-refractivity contribution in [1.82, 2.24) is 0 Å². The fourth-order valence-corrected chi connectivity index (χ4v) is 4.12. The zero-order valence-electron chi connectivity index (χ0n) is 16.3. The number of nitro benzene ring substituents is 2. The number of hydrogen-bond acceptors (Lipinski definition) is 8. The lowest BCUT2D eigenvalue weighted by Gasteiger charge is -2.12. The second-order valence-electron chi connectivity index (χ2n) is 7.15. The van der Waals surface area contributed by atoms with Crippen molar-refractivity contribution in [2.24, 2.45) is 9.98 Å². The third kappa shape index (κ3) is 4.35. The molecule has 32 heavy (non-hydrogen) atoms. The molecule has 2 fully saturated rings. The number of hydrogen-bond donors (Lipinski definition) is 0. The van der Waals surface area contributed by atoms with Gasteiger partial charge in [-0.3, -0.25) is 30.2 Å². The SMILES string of the molecule is O=[N+]([O-])c1cccc(Cl)c1C=N[C@H]1CO[C@H]2[C@@H]1OC[C@@H]2N=Cc1c(Cl)cccc1[N+](=O)[O-]. The number of ether oxygens (including phenoxy) is 2. The zero-order valence-corrected chi connectivity index (χ0v) is 17.8. The summed E-state index contributed by atoms with van der Waals surface area (Å²) in [5.41, 5.74) is 0.128. The average molecular weight is 479 g/mol. The Morgan fingerprint density at radius 3 is 1.59 bits per heavy atom. The summed E-state index contributed by atoms with van der Waals surface area (Å²) in [5.74, 6) is 0. The van der Waals surface area contributed by atoms with Gasteiger partial charge in [-0.25, -0.2) is 0 Å². The first-order valence-corrected chi connectivity index (χ1v) is 10.3. The third-order valence-corrected chi connectivity index (χ3v) is 5.90. The van der Waals surface area contributed by atoms with E-state index in [0.29, 0.717) is 0 Å². The maximum absolute atomic E-state index is 11.2. The Morgan fingerprint density at radius 2 is 1.22 bits per heavy atom. The summed E-state index contributed by atoms with van der Waals surface area (Å²) >= 11 is 12.2. The molecule has 0 amide bonds. The molecule has 10 nitrogen and oxygen atoms in total. The van der Waals surface area contributed by atoms with Crippen LogP contribution < -0.4 is 0 Å². The predicted molar refractivity (Wildman–Crippen MR) is 118 cm³/mol. The molecule has 166 valence electrons. The molecule has 4 atom stereocenters. The number of fused-ring (bicyclic) bond motifs is 1. The van der Waals surface area contributed by atoms with Gasteiger partial charge in [0.1, 0.15) is 24.3 Å². The Balaban J connectivity index is 1.50. The molecule has 2 aliphatic rings. The van der Waals surface area contributed by atoms with E-state index >= 15 is 0 Å². The van der Waals surface area contributed by atoms with Crippen molar-refractivity contribution >= 4 is 47.0 Å². The Bertz CT molecular complexity index is 1040. The number of halogens is 2. The van der Waals surface area contributed by atoms with Crippen molar-refractivity contribution in [2.75, 3.05) is 13.2 Å². The normalized spacial score (nSPS) is 24.9. The highest BCUT2D eigenvalue weighted by Crippen LogP contribution is 2.32. The standard InChI is InChI=1S/C20H16Cl2N4O6/c21-13-3-1-5-17(25(27)28)11(13)7-23-15-9-31-20-16(10-32-19(15)20)24-8-12-14(22)4-2-6-18(12)26(29)30/h1-8,15-16,19-20H,9-10H2/t15-,16-,19+,20+/m0/s1. The molecule has 2 aromatic rings. The van der Waals surface area contributed by atoms with Crippen LogP contribution in [-0.2, 0) is 9.47 Å². The highest BCUT2D eigenvalue weighted by molar-refractivity contribution is 6.34. The van der Waals surface area contributed by atoms with Crippen LogP contribution in [0, 0.1) is 20.2 Å². The lowest BCUT2D eigenvalue weighted by atomic mass is 10.1. The molecule has 12 heteroatoms. The first-order valence-electron chi connectivity index (χ1n) is 9.52. The molecule has 0 unspecified atom stereocenters. The Hall–Kier alpha value is -2.92. The van der Waals surface area contributed by atoms with Gasteiger partial charge < -0.3 is 9.47 Å². The van der Waals surface area contributed by atoms with Gasteiger partial charge in [-0.15, -0.1) is 0 Å². The van der Waals surface area contributed by atoms with E-state index in [1.165, 1.54) is 36.7 Å². The molecule has 0 aliphatic carbocycles. The van der Waals surface area contributed by atoms with Crippen molar-refractivity contribution in [3.63, 3.8) is 0 Å². The lowest BCUT2D eigenvalue weighted by Crippen LogP contribution is -2.30. The molecular formula is C20H16Cl2N4O6. The molecule has 4 rings (SSSR count). The molecule has 2 heterocycles. The highest BCUT2D eigenvalue weighted by atomic mass is 35.5. The molecule has 0 saturated carbocycles. The van der Waals surface area contributed by atoms with Crippen LogP contribution in [0.3, 0.4) is 0 Å². The number of rotatable bonds is 6. The number of nitrogens with zero attached hydrogens (tertiary/aromatic N) is 4. The second kappa shape index (κ2) is 9.29. The zero-order chi connectivity index (χ0) is 22.8. The van der Waals surface area contributed by atoms with Gasteiger partial charge >= 0.3 is 0 Å². The summed E-state index contributed by atoms with van der Waals surface area (Å²) in [7, 11) is 0. The van der Waals surface area contributed by atoms with Crippen LogP contribution in [0.4, 0.5) is 11.4 Å². The van der Waals surface area contributed by atoms with Crippen molar-refractivity contribution in [3.8, 4) is 0 Å². The van der Waals surface area contributed by atoms with E-state index in [-0.39, 0.29) is 45.8 Å². The van der Waals surface area contributed by atoms with Gasteiger partial charge in [0.15, 0.2) is 0 Å². The van der Waals surface area contributed by atoms with Gasteiger partial charge in [-0.05, 0) is 12.1 Å². The molecule has 0 aromatic heterocycles. The van der Waals surface area contributed by atoms with Gasteiger partial charge in [0.2, 0.25) is 0 Å². The molecule has 0 N–H and O–H groups in total. The van der Waals surface area contributed by atoms with Crippen LogP contribution >= 0.6 is 23.2 Å². The highest BCUT2D eigenvalue weighted by Gasteiger charge is 2.47. The van der Waals surface area contributed by atoms with Crippen LogP contribution in [0.2, 0.25) is 10.0 Å². The number of nitro groups is 2. The largest absolute Gasteiger partial charge is 0.371 e. The molecule has 0 spiro atoms. The van der Waals surface area contributed by atoms with Gasteiger partial charge in [0.25, 0.3) is 11.4 Å². The summed E-state index contributed by atoms with van der Waals surface area (Å²) in [4.78, 5) is 30.3. The van der Waals surface area contributed by atoms with Gasteiger partial charge in [0.05, 0.1) is 44.2 Å². The topological polar surface area (TPSA) is 129 Å². The summed E-state index contributed by atoms with van der Waals surface area (Å²) in [5, 5.41) is 22.9. The smallest absolute Gasteiger partial charge is 0.279 e. The quantitative estimate of drug-likeness (QED) is 0.351. The fourth-order valence-electron chi connectivity index (χ4n) is 3.68. The fraction of sp³-hybridized carbons (Fsp3) is 0.300. The molecule has 2 saturated heterocycles. The summed E-state index contributed by atoms with van der Waals surface area (Å²) in [6.45, 7) is 0.477. The Labute approximate surface area is 191 Å². The van der Waals surface area contributed by atoms with Crippen molar-refractivity contribution < 1.29 is 19.3 Å². The monoisotopic (exact) mass is 478 g/mol. The maximum Gasteiger partial charge on any atom is 0.279 e. The first kappa shape index (κ1) is 22.3. The lowest BCUT2D eigenvalue weighted by molar-refractivity contribution is -0.385.